The Morgan fingerprint density at radius 2 is 1.96 bits per heavy atom. The molecule has 122 valence electrons. The SMILES string of the molecule is COc1cn(-c2ccccc2)nc1C(=O)NNc1cccc(Cl)c1. The lowest BCUT2D eigenvalue weighted by Gasteiger charge is -2.08. The summed E-state index contributed by atoms with van der Waals surface area (Å²) in [6.07, 6.45) is 1.66. The van der Waals surface area contributed by atoms with Crippen LogP contribution in [0.1, 0.15) is 10.5 Å². The molecular weight excluding hydrogens is 328 g/mol. The third kappa shape index (κ3) is 3.49. The normalized spacial score (nSPS) is 10.2. The van der Waals surface area contributed by atoms with Crippen LogP contribution in [0, 0.1) is 0 Å². The van der Waals surface area contributed by atoms with E-state index >= 15 is 0 Å². The largest absolute Gasteiger partial charge is 0.493 e. The third-order valence-electron chi connectivity index (χ3n) is 3.28. The van der Waals surface area contributed by atoms with Crippen molar-refractivity contribution in [1.82, 2.24) is 15.2 Å². The summed E-state index contributed by atoms with van der Waals surface area (Å²) in [4.78, 5) is 12.4. The molecule has 0 unspecified atom stereocenters. The molecule has 0 aliphatic carbocycles. The summed E-state index contributed by atoms with van der Waals surface area (Å²) < 4.78 is 6.84. The average molecular weight is 343 g/mol. The van der Waals surface area contributed by atoms with Crippen LogP contribution in [0.2, 0.25) is 5.02 Å². The molecule has 0 fully saturated rings. The number of anilines is 1. The van der Waals surface area contributed by atoms with Crippen molar-refractivity contribution in [2.24, 2.45) is 0 Å². The molecule has 0 saturated carbocycles. The summed E-state index contributed by atoms with van der Waals surface area (Å²) >= 11 is 5.91. The molecule has 1 heterocycles. The van der Waals surface area contributed by atoms with E-state index in [4.69, 9.17) is 16.3 Å². The summed E-state index contributed by atoms with van der Waals surface area (Å²) in [7, 11) is 1.49. The lowest BCUT2D eigenvalue weighted by Crippen LogP contribution is -2.30. The van der Waals surface area contributed by atoms with Crippen LogP contribution in [0.5, 0.6) is 5.75 Å². The topological polar surface area (TPSA) is 68.2 Å². The molecule has 24 heavy (non-hydrogen) atoms. The first-order chi connectivity index (χ1) is 11.7. The van der Waals surface area contributed by atoms with Gasteiger partial charge in [0.25, 0.3) is 5.91 Å². The summed E-state index contributed by atoms with van der Waals surface area (Å²) in [6, 6.07) is 16.5. The Labute approximate surface area is 144 Å². The zero-order chi connectivity index (χ0) is 16.9. The highest BCUT2D eigenvalue weighted by molar-refractivity contribution is 6.30. The number of methoxy groups -OCH3 is 1. The van der Waals surface area contributed by atoms with Crippen LogP contribution in [0.4, 0.5) is 5.69 Å². The first-order valence-electron chi connectivity index (χ1n) is 7.18. The van der Waals surface area contributed by atoms with Crippen LogP contribution in [-0.2, 0) is 0 Å². The van der Waals surface area contributed by atoms with E-state index in [-0.39, 0.29) is 5.69 Å². The second kappa shape index (κ2) is 7.06. The Balaban J connectivity index is 1.78. The zero-order valence-electron chi connectivity index (χ0n) is 12.9. The minimum absolute atomic E-state index is 0.177. The minimum atomic E-state index is -0.415. The van der Waals surface area contributed by atoms with Gasteiger partial charge in [0.05, 0.1) is 24.7 Å². The Morgan fingerprint density at radius 3 is 2.67 bits per heavy atom. The van der Waals surface area contributed by atoms with Crippen molar-refractivity contribution in [3.05, 3.63) is 71.5 Å². The Morgan fingerprint density at radius 1 is 1.17 bits per heavy atom. The number of benzene rings is 2. The molecular formula is C17H15ClN4O2. The van der Waals surface area contributed by atoms with E-state index < -0.39 is 5.91 Å². The van der Waals surface area contributed by atoms with Crippen molar-refractivity contribution in [2.45, 2.75) is 0 Å². The number of aromatic nitrogens is 2. The summed E-state index contributed by atoms with van der Waals surface area (Å²) in [5.41, 5.74) is 7.05. The zero-order valence-corrected chi connectivity index (χ0v) is 13.6. The summed E-state index contributed by atoms with van der Waals surface area (Å²) in [6.45, 7) is 0. The molecule has 2 aromatic carbocycles. The fraction of sp³-hybridized carbons (Fsp3) is 0.0588. The molecule has 0 atom stereocenters. The van der Waals surface area contributed by atoms with Gasteiger partial charge in [0.2, 0.25) is 0 Å². The van der Waals surface area contributed by atoms with E-state index in [2.05, 4.69) is 16.0 Å². The van der Waals surface area contributed by atoms with E-state index in [0.29, 0.717) is 16.5 Å². The summed E-state index contributed by atoms with van der Waals surface area (Å²) in [5.74, 6) is -0.0363. The van der Waals surface area contributed by atoms with Crippen molar-refractivity contribution in [3.8, 4) is 11.4 Å². The fourth-order valence-corrected chi connectivity index (χ4v) is 2.32. The van der Waals surface area contributed by atoms with Crippen LogP contribution in [-0.4, -0.2) is 22.8 Å². The number of amides is 1. The number of ether oxygens (including phenoxy) is 1. The number of hydrazine groups is 1. The van der Waals surface area contributed by atoms with Crippen molar-refractivity contribution >= 4 is 23.2 Å². The van der Waals surface area contributed by atoms with Crippen LogP contribution in [0.25, 0.3) is 5.69 Å². The lowest BCUT2D eigenvalue weighted by atomic mass is 10.3. The fourth-order valence-electron chi connectivity index (χ4n) is 2.13. The van der Waals surface area contributed by atoms with Crippen LogP contribution in [0.15, 0.2) is 60.8 Å². The molecule has 0 bridgehead atoms. The van der Waals surface area contributed by atoms with Crippen LogP contribution < -0.4 is 15.6 Å². The Hall–Kier alpha value is -2.99. The van der Waals surface area contributed by atoms with E-state index in [1.54, 1.807) is 35.1 Å². The van der Waals surface area contributed by atoms with Crippen LogP contribution in [0.3, 0.4) is 0 Å². The van der Waals surface area contributed by atoms with Gasteiger partial charge < -0.3 is 4.74 Å². The van der Waals surface area contributed by atoms with Crippen molar-refractivity contribution < 1.29 is 9.53 Å². The highest BCUT2D eigenvalue weighted by Crippen LogP contribution is 2.19. The van der Waals surface area contributed by atoms with Gasteiger partial charge in [-0.05, 0) is 30.3 Å². The number of hydrogen-bond donors (Lipinski definition) is 2. The molecule has 1 aromatic heterocycles. The van der Waals surface area contributed by atoms with Gasteiger partial charge in [0, 0.05) is 5.02 Å². The molecule has 1 amide bonds. The van der Waals surface area contributed by atoms with Crippen molar-refractivity contribution in [1.29, 1.82) is 0 Å². The molecule has 2 N–H and O–H groups in total. The third-order valence-corrected chi connectivity index (χ3v) is 3.52. The molecule has 0 aliphatic rings. The van der Waals surface area contributed by atoms with Gasteiger partial charge in [0.1, 0.15) is 0 Å². The number of nitrogens with one attached hydrogen (secondary N) is 2. The number of halogens is 1. The van der Waals surface area contributed by atoms with Crippen LogP contribution >= 0.6 is 11.6 Å². The van der Waals surface area contributed by atoms with Gasteiger partial charge in [-0.15, -0.1) is 0 Å². The number of rotatable bonds is 5. The molecule has 0 aliphatic heterocycles. The van der Waals surface area contributed by atoms with Crippen molar-refractivity contribution in [2.75, 3.05) is 12.5 Å². The van der Waals surface area contributed by atoms with Gasteiger partial charge in [-0.3, -0.25) is 15.6 Å². The number of hydrogen-bond acceptors (Lipinski definition) is 4. The first kappa shape index (κ1) is 15.9. The number of para-hydroxylation sites is 1. The number of carbonyl (C=O) groups is 1. The second-order valence-corrected chi connectivity index (χ2v) is 5.35. The standard InChI is InChI=1S/C17H15ClN4O2/c1-24-15-11-22(14-8-3-2-4-9-14)21-16(15)17(23)20-19-13-7-5-6-12(18)10-13/h2-11,19H,1H3,(H,20,23). The highest BCUT2D eigenvalue weighted by atomic mass is 35.5. The van der Waals surface area contributed by atoms with Crippen molar-refractivity contribution in [3.63, 3.8) is 0 Å². The smallest absolute Gasteiger partial charge is 0.293 e. The minimum Gasteiger partial charge on any atom is -0.493 e. The van der Waals surface area contributed by atoms with Gasteiger partial charge in [0.15, 0.2) is 11.4 Å². The molecule has 0 radical (unpaired) electrons. The summed E-state index contributed by atoms with van der Waals surface area (Å²) in [5, 5.41) is 4.86. The number of nitrogens with zero attached hydrogens (tertiary/aromatic N) is 2. The van der Waals surface area contributed by atoms with E-state index in [0.717, 1.165) is 5.69 Å². The molecule has 7 heteroatoms. The Kier molecular flexibility index (Phi) is 4.67. The second-order valence-electron chi connectivity index (χ2n) is 4.92. The predicted octanol–water partition coefficient (Wildman–Crippen LogP) is 3.29. The van der Waals surface area contributed by atoms with E-state index in [9.17, 15) is 4.79 Å². The maximum absolute atomic E-state index is 12.4. The lowest BCUT2D eigenvalue weighted by molar-refractivity contribution is 0.0954. The molecule has 3 rings (SSSR count). The van der Waals surface area contributed by atoms with Gasteiger partial charge >= 0.3 is 0 Å². The molecule has 3 aromatic rings. The predicted molar refractivity (Wildman–Crippen MR) is 92.7 cm³/mol. The maximum atomic E-state index is 12.4. The number of carbonyl (C=O) groups excluding carboxylic acids is 1. The van der Waals surface area contributed by atoms with Gasteiger partial charge in [-0.2, -0.15) is 5.10 Å². The Bertz CT molecular complexity index is 849. The van der Waals surface area contributed by atoms with E-state index in [1.165, 1.54) is 7.11 Å². The quantitative estimate of drug-likeness (QED) is 0.698. The molecule has 0 spiro atoms. The monoisotopic (exact) mass is 342 g/mol. The van der Waals surface area contributed by atoms with Gasteiger partial charge in [-0.1, -0.05) is 35.9 Å². The highest BCUT2D eigenvalue weighted by Gasteiger charge is 2.18. The molecule has 6 nitrogen and oxygen atoms in total. The van der Waals surface area contributed by atoms with E-state index in [1.807, 2.05) is 30.3 Å². The average Bonchev–Trinajstić information content (AvgIpc) is 3.05. The maximum Gasteiger partial charge on any atom is 0.293 e. The van der Waals surface area contributed by atoms with Gasteiger partial charge in [-0.25, -0.2) is 4.68 Å². The molecule has 0 saturated heterocycles. The first-order valence-corrected chi connectivity index (χ1v) is 7.56.